The van der Waals surface area contributed by atoms with Crippen LogP contribution in [0.2, 0.25) is 0 Å². The van der Waals surface area contributed by atoms with Gasteiger partial charge in [0.1, 0.15) is 24.5 Å². The maximum atomic E-state index is 10.3. The van der Waals surface area contributed by atoms with E-state index >= 15 is 0 Å². The van der Waals surface area contributed by atoms with Crippen LogP contribution in [-0.2, 0) is 13.8 Å². The molecule has 4 atom stereocenters. The Morgan fingerprint density at radius 2 is 1.93 bits per heavy atom. The number of aliphatic hydroxyl groups is 2. The third kappa shape index (κ3) is 2.97. The van der Waals surface area contributed by atoms with Gasteiger partial charge in [0, 0.05) is 0 Å². The molecule has 1 aliphatic heterocycles. The quantitative estimate of drug-likeness (QED) is 0.334. The van der Waals surface area contributed by atoms with Crippen molar-refractivity contribution in [2.45, 2.75) is 24.5 Å². The van der Waals surface area contributed by atoms with Crippen molar-refractivity contribution in [3.8, 4) is 0 Å². The minimum atomic E-state index is -4.60. The summed E-state index contributed by atoms with van der Waals surface area (Å²) in [5.74, 6) is 0. The van der Waals surface area contributed by atoms with Crippen LogP contribution in [0, 0.1) is 0 Å². The van der Waals surface area contributed by atoms with Crippen LogP contribution in [0.25, 0.3) is 0 Å². The Balaban J connectivity index is 2.44. The van der Waals surface area contributed by atoms with E-state index in [4.69, 9.17) is 25.4 Å². The lowest BCUT2D eigenvalue weighted by atomic mass is 10.1. The van der Waals surface area contributed by atoms with Gasteiger partial charge in [0.25, 0.3) is 0 Å². The number of ether oxygens (including phenoxy) is 1. The van der Waals surface area contributed by atoms with Gasteiger partial charge in [0.05, 0.1) is 6.61 Å². The summed E-state index contributed by atoms with van der Waals surface area (Å²) in [5.41, 5.74) is 5.22. The van der Waals surface area contributed by atoms with Crippen LogP contribution >= 0.6 is 7.82 Å². The molecule has 1 fully saturated rings. The van der Waals surface area contributed by atoms with Crippen LogP contribution in [0.5, 0.6) is 0 Å². The Morgan fingerprint density at radius 1 is 1.36 bits per heavy atom. The predicted octanol–water partition coefficient (Wildman–Crippen LogP) is -2.50. The summed E-state index contributed by atoms with van der Waals surface area (Å²) >= 11 is 0. The van der Waals surface area contributed by atoms with Crippen molar-refractivity contribution in [2.75, 3.05) is 6.61 Å². The Labute approximate surface area is 79.5 Å². The maximum Gasteiger partial charge on any atom is 0.469 e. The van der Waals surface area contributed by atoms with Crippen LogP contribution in [0.3, 0.4) is 0 Å². The molecule has 1 aliphatic rings. The van der Waals surface area contributed by atoms with E-state index in [1.165, 1.54) is 0 Å². The van der Waals surface area contributed by atoms with E-state index in [1.807, 2.05) is 0 Å². The smallest absolute Gasteiger partial charge is 0.387 e. The van der Waals surface area contributed by atoms with Gasteiger partial charge in [-0.05, 0) is 0 Å². The highest BCUT2D eigenvalue weighted by molar-refractivity contribution is 7.46. The van der Waals surface area contributed by atoms with E-state index in [0.29, 0.717) is 0 Å². The van der Waals surface area contributed by atoms with E-state index in [0.717, 1.165) is 0 Å². The van der Waals surface area contributed by atoms with E-state index in [1.54, 1.807) is 0 Å². The molecule has 1 saturated heterocycles. The number of hydrogen-bond acceptors (Lipinski definition) is 6. The van der Waals surface area contributed by atoms with Crippen LogP contribution < -0.4 is 5.73 Å². The summed E-state index contributed by atoms with van der Waals surface area (Å²) in [6, 6.07) is 0. The molecular weight excluding hydrogens is 217 g/mol. The first-order valence-corrected chi connectivity index (χ1v) is 5.31. The molecule has 0 aromatic heterocycles. The van der Waals surface area contributed by atoms with Gasteiger partial charge in [-0.15, -0.1) is 0 Å². The second kappa shape index (κ2) is 4.21. The van der Waals surface area contributed by atoms with Crippen LogP contribution in [0.15, 0.2) is 0 Å². The largest absolute Gasteiger partial charge is 0.469 e. The van der Waals surface area contributed by atoms with Crippen LogP contribution in [0.1, 0.15) is 0 Å². The number of phosphoric acid groups is 1. The standard InChI is InChI=1S/C5H12NO7P/c6-5-4(8)3(7)2(13-5)1-12-14(9,10)11/h2-5,7-8H,1,6H2,(H2,9,10,11)/t2-,3+,4-,5?/m1/s1. The number of phosphoric ester groups is 1. The normalized spacial score (nSPS) is 38.9. The summed E-state index contributed by atoms with van der Waals surface area (Å²) in [6.07, 6.45) is -4.69. The Morgan fingerprint density at radius 3 is 2.29 bits per heavy atom. The van der Waals surface area contributed by atoms with Crippen molar-refractivity contribution in [3.05, 3.63) is 0 Å². The molecule has 84 valence electrons. The third-order valence-corrected chi connectivity index (χ3v) is 2.29. The van der Waals surface area contributed by atoms with Crippen molar-refractivity contribution >= 4 is 7.82 Å². The molecule has 14 heavy (non-hydrogen) atoms. The molecule has 0 aromatic rings. The van der Waals surface area contributed by atoms with Crippen molar-refractivity contribution in [2.24, 2.45) is 5.73 Å². The topological polar surface area (TPSA) is 142 Å². The summed E-state index contributed by atoms with van der Waals surface area (Å²) in [7, 11) is -4.60. The lowest BCUT2D eigenvalue weighted by Crippen LogP contribution is -2.37. The highest BCUT2D eigenvalue weighted by Gasteiger charge is 2.41. The van der Waals surface area contributed by atoms with Gasteiger partial charge in [0.15, 0.2) is 0 Å². The van der Waals surface area contributed by atoms with Crippen molar-refractivity contribution in [1.29, 1.82) is 0 Å². The monoisotopic (exact) mass is 229 g/mol. The van der Waals surface area contributed by atoms with E-state index in [9.17, 15) is 9.67 Å². The van der Waals surface area contributed by atoms with Gasteiger partial charge >= 0.3 is 7.82 Å². The molecule has 9 heteroatoms. The molecule has 0 radical (unpaired) electrons. The average Bonchev–Trinajstić information content (AvgIpc) is 2.28. The molecular formula is C5H12NO7P. The summed E-state index contributed by atoms with van der Waals surface area (Å²) in [5, 5.41) is 18.4. The summed E-state index contributed by atoms with van der Waals surface area (Å²) in [6.45, 7) is -0.532. The average molecular weight is 229 g/mol. The zero-order valence-corrected chi connectivity index (χ0v) is 7.95. The highest BCUT2D eigenvalue weighted by Crippen LogP contribution is 2.36. The molecule has 0 aliphatic carbocycles. The lowest BCUT2D eigenvalue weighted by Gasteiger charge is -2.14. The molecule has 1 heterocycles. The molecule has 8 nitrogen and oxygen atoms in total. The molecule has 6 N–H and O–H groups in total. The lowest BCUT2D eigenvalue weighted by molar-refractivity contribution is -0.0197. The van der Waals surface area contributed by atoms with E-state index in [2.05, 4.69) is 4.52 Å². The fraction of sp³-hybridized carbons (Fsp3) is 1.00. The maximum absolute atomic E-state index is 10.3. The van der Waals surface area contributed by atoms with E-state index in [-0.39, 0.29) is 0 Å². The van der Waals surface area contributed by atoms with Gasteiger partial charge < -0.3 is 30.5 Å². The first kappa shape index (κ1) is 12.0. The molecule has 0 saturated carbocycles. The molecule has 0 aromatic carbocycles. The zero-order valence-electron chi connectivity index (χ0n) is 7.05. The van der Waals surface area contributed by atoms with Gasteiger partial charge in [-0.3, -0.25) is 4.52 Å². The second-order valence-corrected chi connectivity index (χ2v) is 4.15. The fourth-order valence-electron chi connectivity index (χ4n) is 1.09. The second-order valence-electron chi connectivity index (χ2n) is 2.91. The van der Waals surface area contributed by atoms with Gasteiger partial charge in [-0.2, -0.15) is 0 Å². The number of rotatable bonds is 3. The molecule has 0 bridgehead atoms. The minimum absolute atomic E-state index is 0.532. The minimum Gasteiger partial charge on any atom is -0.387 e. The molecule has 0 amide bonds. The summed E-state index contributed by atoms with van der Waals surface area (Å²) in [4.78, 5) is 16.7. The van der Waals surface area contributed by atoms with Crippen molar-refractivity contribution in [1.82, 2.24) is 0 Å². The van der Waals surface area contributed by atoms with Crippen LogP contribution in [-0.4, -0.2) is 51.1 Å². The Kier molecular flexibility index (Phi) is 3.62. The first-order chi connectivity index (χ1) is 6.31. The molecule has 1 rings (SSSR count). The number of aliphatic hydroxyl groups excluding tert-OH is 2. The molecule has 0 spiro atoms. The van der Waals surface area contributed by atoms with Gasteiger partial charge in [-0.25, -0.2) is 4.57 Å². The molecule has 1 unspecified atom stereocenters. The van der Waals surface area contributed by atoms with E-state index < -0.39 is 39.0 Å². The number of nitrogens with two attached hydrogens (primary N) is 1. The number of hydrogen-bond donors (Lipinski definition) is 5. The first-order valence-electron chi connectivity index (χ1n) is 3.78. The van der Waals surface area contributed by atoms with Gasteiger partial charge in [0.2, 0.25) is 0 Å². The summed E-state index contributed by atoms with van der Waals surface area (Å²) < 4.78 is 19.2. The zero-order chi connectivity index (χ0) is 10.9. The predicted molar refractivity (Wildman–Crippen MR) is 42.9 cm³/mol. The Bertz CT molecular complexity index is 242. The van der Waals surface area contributed by atoms with Gasteiger partial charge in [-0.1, -0.05) is 0 Å². The van der Waals surface area contributed by atoms with Crippen molar-refractivity contribution < 1.29 is 33.8 Å². The fourth-order valence-corrected chi connectivity index (χ4v) is 1.43. The third-order valence-electron chi connectivity index (χ3n) is 1.81. The Hall–Kier alpha value is -0.0500. The SMILES string of the molecule is NC1O[C@H](COP(=O)(O)O)[C@H](O)[C@H]1O. The van der Waals surface area contributed by atoms with Crippen molar-refractivity contribution in [3.63, 3.8) is 0 Å². The highest BCUT2D eigenvalue weighted by atomic mass is 31.2. The van der Waals surface area contributed by atoms with Crippen LogP contribution in [0.4, 0.5) is 0 Å².